The van der Waals surface area contributed by atoms with E-state index in [2.05, 4.69) is 21.5 Å². The fourth-order valence-electron chi connectivity index (χ4n) is 3.90. The van der Waals surface area contributed by atoms with E-state index in [1.54, 1.807) is 41.8 Å². The number of rotatable bonds is 7. The third-order valence-corrected chi connectivity index (χ3v) is 6.60. The summed E-state index contributed by atoms with van der Waals surface area (Å²) < 4.78 is 13.4. The molecule has 170 valence electrons. The summed E-state index contributed by atoms with van der Waals surface area (Å²) >= 11 is 7.87. The highest BCUT2D eigenvalue weighted by Gasteiger charge is 2.20. The second-order valence-electron chi connectivity index (χ2n) is 7.97. The fraction of sp³-hybridized carbons (Fsp3) is 0.292. The van der Waals surface area contributed by atoms with Crippen molar-refractivity contribution in [2.24, 2.45) is 0 Å². The number of aromatic nitrogens is 3. The minimum Gasteiger partial charge on any atom is -0.489 e. The lowest BCUT2D eigenvalue weighted by atomic mass is 10.1. The number of amides is 1. The second-order valence-corrected chi connectivity index (χ2v) is 9.44. The smallest absolute Gasteiger partial charge is 0.256 e. The fourth-order valence-corrected chi connectivity index (χ4v) is 4.76. The first-order chi connectivity index (χ1) is 16.1. The summed E-state index contributed by atoms with van der Waals surface area (Å²) in [6.45, 7) is 3.66. The molecule has 4 heterocycles. The number of hydrogen-bond acceptors (Lipinski definition) is 6. The average Bonchev–Trinajstić information content (AvgIpc) is 3.56. The van der Waals surface area contributed by atoms with Gasteiger partial charge < -0.3 is 14.8 Å². The number of nitrogens with one attached hydrogen (secondary N) is 1. The molecule has 5 rings (SSSR count). The number of fused-ring (bicyclic) bond motifs is 1. The molecule has 9 heteroatoms. The molecule has 0 radical (unpaired) electrons. The van der Waals surface area contributed by atoms with Crippen LogP contribution in [0, 0.1) is 6.92 Å². The zero-order valence-corrected chi connectivity index (χ0v) is 19.7. The first-order valence-corrected chi connectivity index (χ1v) is 12.0. The van der Waals surface area contributed by atoms with E-state index in [0.717, 1.165) is 25.1 Å². The van der Waals surface area contributed by atoms with Crippen LogP contribution in [0.4, 0.5) is 5.69 Å². The van der Waals surface area contributed by atoms with Gasteiger partial charge in [-0.1, -0.05) is 17.7 Å². The number of thiophene rings is 1. The first kappa shape index (κ1) is 21.9. The van der Waals surface area contributed by atoms with Crippen LogP contribution in [0.15, 0.2) is 48.0 Å². The van der Waals surface area contributed by atoms with E-state index in [1.165, 1.54) is 4.88 Å². The van der Waals surface area contributed by atoms with Gasteiger partial charge in [-0.05, 0) is 55.5 Å². The van der Waals surface area contributed by atoms with Gasteiger partial charge in [0.05, 0.1) is 35.5 Å². The molecular weight excluding hydrogens is 460 g/mol. The van der Waals surface area contributed by atoms with Crippen LogP contribution in [0.1, 0.15) is 33.8 Å². The molecule has 1 aliphatic rings. The van der Waals surface area contributed by atoms with Gasteiger partial charge in [0.15, 0.2) is 5.65 Å². The number of pyridine rings is 1. The summed E-state index contributed by atoms with van der Waals surface area (Å²) in [5, 5.41) is 10.7. The Morgan fingerprint density at radius 1 is 1.36 bits per heavy atom. The van der Waals surface area contributed by atoms with Crippen molar-refractivity contribution in [3.63, 3.8) is 0 Å². The topological polar surface area (TPSA) is 78.3 Å². The number of carbonyl (C=O) groups excluding carboxylic acids is 1. The highest BCUT2D eigenvalue weighted by atomic mass is 35.5. The monoisotopic (exact) mass is 482 g/mol. The van der Waals surface area contributed by atoms with Gasteiger partial charge in [0, 0.05) is 22.2 Å². The molecule has 1 N–H and O–H groups in total. The number of carbonyl (C=O) groups is 1. The van der Waals surface area contributed by atoms with Crippen LogP contribution in [0.2, 0.25) is 5.02 Å². The van der Waals surface area contributed by atoms with Crippen LogP contribution in [0.25, 0.3) is 11.0 Å². The Morgan fingerprint density at radius 3 is 3.06 bits per heavy atom. The number of halogens is 1. The Kier molecular flexibility index (Phi) is 6.30. The van der Waals surface area contributed by atoms with Gasteiger partial charge in [-0.25, -0.2) is 9.67 Å². The molecule has 1 amide bonds. The Bertz CT molecular complexity index is 1280. The lowest BCUT2D eigenvalue weighted by Gasteiger charge is -2.16. The second kappa shape index (κ2) is 9.51. The van der Waals surface area contributed by atoms with Gasteiger partial charge >= 0.3 is 0 Å². The highest BCUT2D eigenvalue weighted by Crippen LogP contribution is 2.30. The molecule has 1 fully saturated rings. The van der Waals surface area contributed by atoms with E-state index in [0.29, 0.717) is 46.2 Å². The Morgan fingerprint density at radius 2 is 2.27 bits per heavy atom. The van der Waals surface area contributed by atoms with E-state index in [9.17, 15) is 4.79 Å². The molecule has 0 bridgehead atoms. The largest absolute Gasteiger partial charge is 0.489 e. The van der Waals surface area contributed by atoms with Gasteiger partial charge in [0.25, 0.3) is 5.91 Å². The van der Waals surface area contributed by atoms with Crippen molar-refractivity contribution >= 4 is 45.6 Å². The van der Waals surface area contributed by atoms with Crippen molar-refractivity contribution < 1.29 is 14.3 Å². The molecule has 0 spiro atoms. The molecule has 0 saturated carbocycles. The molecule has 1 saturated heterocycles. The molecule has 0 aliphatic carbocycles. The van der Waals surface area contributed by atoms with E-state index in [4.69, 9.17) is 21.1 Å². The highest BCUT2D eigenvalue weighted by molar-refractivity contribution is 7.09. The van der Waals surface area contributed by atoms with Crippen LogP contribution in [-0.2, 0) is 11.3 Å². The minimum absolute atomic E-state index is 0.0703. The first-order valence-electron chi connectivity index (χ1n) is 10.8. The van der Waals surface area contributed by atoms with Gasteiger partial charge in [0.2, 0.25) is 0 Å². The predicted octanol–water partition coefficient (Wildman–Crippen LogP) is 5.31. The van der Waals surface area contributed by atoms with Crippen molar-refractivity contribution in [3.05, 3.63) is 69.1 Å². The van der Waals surface area contributed by atoms with Gasteiger partial charge in [0.1, 0.15) is 12.4 Å². The lowest BCUT2D eigenvalue weighted by Crippen LogP contribution is -2.18. The quantitative estimate of drug-likeness (QED) is 0.386. The van der Waals surface area contributed by atoms with Crippen molar-refractivity contribution in [3.8, 4) is 5.75 Å². The molecule has 1 atom stereocenters. The summed E-state index contributed by atoms with van der Waals surface area (Å²) in [4.78, 5) is 19.1. The van der Waals surface area contributed by atoms with Crippen LogP contribution >= 0.6 is 22.9 Å². The van der Waals surface area contributed by atoms with E-state index in [-0.39, 0.29) is 12.0 Å². The van der Waals surface area contributed by atoms with Gasteiger partial charge in [-0.2, -0.15) is 5.10 Å². The Hall–Kier alpha value is -2.94. The minimum atomic E-state index is -0.273. The number of aryl methyl sites for hydroxylation is 1. The zero-order chi connectivity index (χ0) is 22.8. The standard InChI is InChI=1S/C24H23ClN4O3S/c1-15-10-19(20-12-26-29(23(20)27-15)13-18-5-3-9-33-18)24(30)28-21-11-16(25)6-7-22(21)32-14-17-4-2-8-31-17/h3,5-7,9-12,17H,2,4,8,13-14H2,1H3,(H,28,30). The molecule has 1 unspecified atom stereocenters. The lowest BCUT2D eigenvalue weighted by molar-refractivity contribution is 0.0682. The zero-order valence-electron chi connectivity index (χ0n) is 18.1. The number of nitrogens with zero attached hydrogens (tertiary/aromatic N) is 3. The number of anilines is 1. The molecule has 7 nitrogen and oxygen atoms in total. The van der Waals surface area contributed by atoms with Crippen LogP contribution in [-0.4, -0.2) is 40.0 Å². The Labute approximate surface area is 200 Å². The average molecular weight is 483 g/mol. The third-order valence-electron chi connectivity index (χ3n) is 5.51. The maximum atomic E-state index is 13.3. The summed E-state index contributed by atoms with van der Waals surface area (Å²) in [6.07, 6.45) is 3.77. The normalized spacial score (nSPS) is 15.8. The van der Waals surface area contributed by atoms with Gasteiger partial charge in [-0.15, -0.1) is 11.3 Å². The van der Waals surface area contributed by atoms with E-state index >= 15 is 0 Å². The molecule has 1 aliphatic heterocycles. The summed E-state index contributed by atoms with van der Waals surface area (Å²) in [5.74, 6) is 0.282. The molecular formula is C24H23ClN4O3S. The number of ether oxygens (including phenoxy) is 2. The maximum Gasteiger partial charge on any atom is 0.256 e. The summed E-state index contributed by atoms with van der Waals surface area (Å²) in [5.41, 5.74) is 2.43. The summed E-state index contributed by atoms with van der Waals surface area (Å²) in [6, 6.07) is 11.0. The van der Waals surface area contributed by atoms with Crippen molar-refractivity contribution in [1.29, 1.82) is 0 Å². The van der Waals surface area contributed by atoms with Crippen LogP contribution in [0.3, 0.4) is 0 Å². The van der Waals surface area contributed by atoms with Crippen LogP contribution < -0.4 is 10.1 Å². The predicted molar refractivity (Wildman–Crippen MR) is 130 cm³/mol. The summed E-state index contributed by atoms with van der Waals surface area (Å²) in [7, 11) is 0. The number of benzene rings is 1. The molecule has 33 heavy (non-hydrogen) atoms. The van der Waals surface area contributed by atoms with Crippen molar-refractivity contribution in [1.82, 2.24) is 14.8 Å². The van der Waals surface area contributed by atoms with E-state index < -0.39 is 0 Å². The molecule has 3 aromatic heterocycles. The van der Waals surface area contributed by atoms with Crippen LogP contribution in [0.5, 0.6) is 5.75 Å². The third kappa shape index (κ3) is 4.88. The van der Waals surface area contributed by atoms with Gasteiger partial charge in [-0.3, -0.25) is 4.79 Å². The number of hydrogen-bond donors (Lipinski definition) is 1. The van der Waals surface area contributed by atoms with Crippen molar-refractivity contribution in [2.45, 2.75) is 32.4 Å². The Balaban J connectivity index is 1.41. The van der Waals surface area contributed by atoms with Crippen molar-refractivity contribution in [2.75, 3.05) is 18.5 Å². The maximum absolute atomic E-state index is 13.3. The molecule has 1 aromatic carbocycles. The SMILES string of the molecule is Cc1cc(C(=O)Nc2cc(Cl)ccc2OCC2CCCO2)c2cnn(Cc3cccs3)c2n1. The van der Waals surface area contributed by atoms with E-state index in [1.807, 2.05) is 23.1 Å². The molecule has 4 aromatic rings.